The number of carbonyl (C=O) groups excluding carboxylic acids is 1. The van der Waals surface area contributed by atoms with E-state index in [4.69, 9.17) is 4.74 Å². The summed E-state index contributed by atoms with van der Waals surface area (Å²) in [4.78, 5) is 11.9. The number of amides is 1. The van der Waals surface area contributed by atoms with E-state index in [1.165, 1.54) is 11.6 Å². The average Bonchev–Trinajstić information content (AvgIpc) is 2.48. The minimum atomic E-state index is -0.148. The molecule has 0 aromatic heterocycles. The van der Waals surface area contributed by atoms with E-state index in [2.05, 4.69) is 5.32 Å². The molecule has 0 aliphatic rings. The summed E-state index contributed by atoms with van der Waals surface area (Å²) in [5, 5.41) is 2.88. The predicted octanol–water partition coefficient (Wildman–Crippen LogP) is 3.96. The lowest BCUT2D eigenvalue weighted by Gasteiger charge is -2.07. The van der Waals surface area contributed by atoms with Crippen molar-refractivity contribution in [3.8, 4) is 5.75 Å². The van der Waals surface area contributed by atoms with Gasteiger partial charge in [-0.15, -0.1) is 0 Å². The molecule has 0 fully saturated rings. The van der Waals surface area contributed by atoms with Crippen molar-refractivity contribution in [3.05, 3.63) is 65.2 Å². The van der Waals surface area contributed by atoms with Crippen molar-refractivity contribution in [1.82, 2.24) is 0 Å². The van der Waals surface area contributed by atoms with Crippen LogP contribution >= 0.6 is 0 Å². The third kappa shape index (κ3) is 4.21. The van der Waals surface area contributed by atoms with Gasteiger partial charge in [-0.05, 0) is 49.2 Å². The van der Waals surface area contributed by atoms with E-state index in [1.807, 2.05) is 56.3 Å². The Balaban J connectivity index is 2.05. The molecule has 0 heterocycles. The molecule has 1 amide bonds. The molecular formula is C18H19NO2. The highest BCUT2D eigenvalue weighted by atomic mass is 16.5. The van der Waals surface area contributed by atoms with Gasteiger partial charge in [0.2, 0.25) is 5.91 Å². The summed E-state index contributed by atoms with van der Waals surface area (Å²) in [6.45, 7) is 4.01. The van der Waals surface area contributed by atoms with Crippen LogP contribution in [-0.4, -0.2) is 13.0 Å². The minimum absolute atomic E-state index is 0.148. The van der Waals surface area contributed by atoms with Crippen LogP contribution < -0.4 is 10.1 Å². The molecule has 0 unspecified atom stereocenters. The third-order valence-electron chi connectivity index (χ3n) is 3.16. The van der Waals surface area contributed by atoms with Crippen molar-refractivity contribution in [2.24, 2.45) is 0 Å². The summed E-state index contributed by atoms with van der Waals surface area (Å²) in [6, 6.07) is 13.5. The quantitative estimate of drug-likeness (QED) is 0.861. The van der Waals surface area contributed by atoms with Gasteiger partial charge in [0, 0.05) is 11.8 Å². The fourth-order valence-corrected chi connectivity index (χ4v) is 2.05. The van der Waals surface area contributed by atoms with Gasteiger partial charge in [0.1, 0.15) is 5.75 Å². The number of aryl methyl sites for hydroxylation is 2. The normalized spacial score (nSPS) is 10.6. The molecule has 0 spiro atoms. The first-order valence-electron chi connectivity index (χ1n) is 6.79. The van der Waals surface area contributed by atoms with E-state index in [-0.39, 0.29) is 5.91 Å². The van der Waals surface area contributed by atoms with Gasteiger partial charge in [-0.3, -0.25) is 4.79 Å². The average molecular weight is 281 g/mol. The Kier molecular flexibility index (Phi) is 4.77. The maximum atomic E-state index is 11.9. The van der Waals surface area contributed by atoms with Gasteiger partial charge in [0.05, 0.1) is 7.11 Å². The predicted molar refractivity (Wildman–Crippen MR) is 86.6 cm³/mol. The number of nitrogens with one attached hydrogen (secondary N) is 1. The molecule has 21 heavy (non-hydrogen) atoms. The van der Waals surface area contributed by atoms with Crippen LogP contribution in [0.4, 0.5) is 5.69 Å². The second-order valence-electron chi connectivity index (χ2n) is 4.92. The van der Waals surface area contributed by atoms with Gasteiger partial charge in [-0.2, -0.15) is 0 Å². The summed E-state index contributed by atoms with van der Waals surface area (Å²) in [5.41, 5.74) is 3.99. The van der Waals surface area contributed by atoms with E-state index in [9.17, 15) is 4.79 Å². The highest BCUT2D eigenvalue weighted by molar-refractivity contribution is 6.02. The van der Waals surface area contributed by atoms with E-state index in [1.54, 1.807) is 13.2 Å². The number of anilines is 1. The van der Waals surface area contributed by atoms with Crippen LogP contribution in [0.15, 0.2) is 48.5 Å². The molecule has 2 rings (SSSR count). The van der Waals surface area contributed by atoms with Crippen LogP contribution in [0.5, 0.6) is 5.75 Å². The summed E-state index contributed by atoms with van der Waals surface area (Å²) in [5.74, 6) is 0.622. The van der Waals surface area contributed by atoms with Crippen LogP contribution in [0.1, 0.15) is 16.7 Å². The Hall–Kier alpha value is -2.55. The maximum absolute atomic E-state index is 11.9. The number of benzene rings is 2. The van der Waals surface area contributed by atoms with Gasteiger partial charge in [0.15, 0.2) is 0 Å². The fraction of sp³-hybridized carbons (Fsp3) is 0.167. The molecule has 0 bridgehead atoms. The van der Waals surface area contributed by atoms with Gasteiger partial charge in [-0.1, -0.05) is 29.8 Å². The van der Waals surface area contributed by atoms with Crippen molar-refractivity contribution in [3.63, 3.8) is 0 Å². The van der Waals surface area contributed by atoms with Crippen molar-refractivity contribution in [2.75, 3.05) is 12.4 Å². The Bertz CT molecular complexity index is 675. The van der Waals surface area contributed by atoms with Crippen LogP contribution in [0.25, 0.3) is 6.08 Å². The van der Waals surface area contributed by atoms with E-state index >= 15 is 0 Å². The van der Waals surface area contributed by atoms with Gasteiger partial charge in [0.25, 0.3) is 0 Å². The molecular weight excluding hydrogens is 262 g/mol. The van der Waals surface area contributed by atoms with Crippen molar-refractivity contribution < 1.29 is 9.53 Å². The lowest BCUT2D eigenvalue weighted by atomic mass is 10.1. The summed E-state index contributed by atoms with van der Waals surface area (Å²) >= 11 is 0. The first-order chi connectivity index (χ1) is 10.1. The van der Waals surface area contributed by atoms with Crippen LogP contribution in [-0.2, 0) is 4.79 Å². The van der Waals surface area contributed by atoms with Crippen LogP contribution in [0.3, 0.4) is 0 Å². The van der Waals surface area contributed by atoms with Crippen LogP contribution in [0, 0.1) is 13.8 Å². The van der Waals surface area contributed by atoms with Gasteiger partial charge in [-0.25, -0.2) is 0 Å². The molecule has 3 nitrogen and oxygen atoms in total. The maximum Gasteiger partial charge on any atom is 0.248 e. The first kappa shape index (κ1) is 14.9. The Morgan fingerprint density at radius 3 is 2.67 bits per heavy atom. The topological polar surface area (TPSA) is 38.3 Å². The molecule has 0 saturated carbocycles. The number of rotatable bonds is 4. The molecule has 0 atom stereocenters. The number of methoxy groups -OCH3 is 1. The highest BCUT2D eigenvalue weighted by Crippen LogP contribution is 2.17. The molecule has 2 aromatic carbocycles. The second kappa shape index (κ2) is 6.75. The number of ether oxygens (including phenoxy) is 1. The van der Waals surface area contributed by atoms with Gasteiger partial charge < -0.3 is 10.1 Å². The number of hydrogen-bond acceptors (Lipinski definition) is 2. The van der Waals surface area contributed by atoms with E-state index in [0.717, 1.165) is 22.6 Å². The fourth-order valence-electron chi connectivity index (χ4n) is 2.05. The van der Waals surface area contributed by atoms with Crippen molar-refractivity contribution in [1.29, 1.82) is 0 Å². The van der Waals surface area contributed by atoms with Crippen molar-refractivity contribution in [2.45, 2.75) is 13.8 Å². The molecule has 108 valence electrons. The summed E-state index contributed by atoms with van der Waals surface area (Å²) in [7, 11) is 1.62. The number of hydrogen-bond donors (Lipinski definition) is 1. The van der Waals surface area contributed by atoms with Crippen molar-refractivity contribution >= 4 is 17.7 Å². The molecule has 1 N–H and O–H groups in total. The molecule has 2 aromatic rings. The van der Waals surface area contributed by atoms with Gasteiger partial charge >= 0.3 is 0 Å². The van der Waals surface area contributed by atoms with Crippen LogP contribution in [0.2, 0.25) is 0 Å². The molecule has 0 aliphatic carbocycles. The number of carbonyl (C=O) groups is 1. The lowest BCUT2D eigenvalue weighted by molar-refractivity contribution is -0.111. The minimum Gasteiger partial charge on any atom is -0.497 e. The zero-order valence-corrected chi connectivity index (χ0v) is 12.5. The largest absolute Gasteiger partial charge is 0.497 e. The summed E-state index contributed by atoms with van der Waals surface area (Å²) < 4.78 is 5.15. The Morgan fingerprint density at radius 1 is 1.14 bits per heavy atom. The van der Waals surface area contributed by atoms with E-state index in [0.29, 0.717) is 0 Å². The Labute approximate surface area is 125 Å². The SMILES string of the molecule is COc1cccc(/C=C/C(=O)Nc2ccc(C)cc2C)c1. The zero-order valence-electron chi connectivity index (χ0n) is 12.5. The zero-order chi connectivity index (χ0) is 15.2. The Morgan fingerprint density at radius 2 is 1.95 bits per heavy atom. The molecule has 0 saturated heterocycles. The molecule has 0 aliphatic heterocycles. The lowest BCUT2D eigenvalue weighted by Crippen LogP contribution is -2.08. The smallest absolute Gasteiger partial charge is 0.248 e. The first-order valence-corrected chi connectivity index (χ1v) is 6.79. The monoisotopic (exact) mass is 281 g/mol. The van der Waals surface area contributed by atoms with E-state index < -0.39 is 0 Å². The molecule has 3 heteroatoms. The second-order valence-corrected chi connectivity index (χ2v) is 4.92. The standard InChI is InChI=1S/C18H19NO2/c1-13-7-9-17(14(2)11-13)19-18(20)10-8-15-5-4-6-16(12-15)21-3/h4-12H,1-3H3,(H,19,20)/b10-8+. The molecule has 0 radical (unpaired) electrons. The summed E-state index contributed by atoms with van der Waals surface area (Å²) in [6.07, 6.45) is 3.29. The highest BCUT2D eigenvalue weighted by Gasteiger charge is 2.01. The third-order valence-corrected chi connectivity index (χ3v) is 3.16.